The Morgan fingerprint density at radius 3 is 2.92 bits per heavy atom. The van der Waals surface area contributed by atoms with Gasteiger partial charge in [0.1, 0.15) is 0 Å². The minimum absolute atomic E-state index is 0.649. The van der Waals surface area contributed by atoms with Gasteiger partial charge in [-0.3, -0.25) is 0 Å². The molecule has 0 aliphatic heterocycles. The summed E-state index contributed by atoms with van der Waals surface area (Å²) in [7, 11) is 4.03. The molecule has 6 heteroatoms. The molecule has 0 unspecified atom stereocenters. The second kappa shape index (κ2) is 4.98. The highest BCUT2D eigenvalue weighted by molar-refractivity contribution is 7.78. The van der Waals surface area contributed by atoms with E-state index in [0.717, 1.165) is 18.9 Å². The zero-order chi connectivity index (χ0) is 9.68. The fraction of sp³-hybridized carbons (Fsp3) is 0.714. The van der Waals surface area contributed by atoms with E-state index in [9.17, 15) is 0 Å². The van der Waals surface area contributed by atoms with Crippen LogP contribution in [0.4, 0.5) is 0 Å². The first-order chi connectivity index (χ1) is 6.24. The summed E-state index contributed by atoms with van der Waals surface area (Å²) in [5.41, 5.74) is 0. The molecule has 5 nitrogen and oxygen atoms in total. The van der Waals surface area contributed by atoms with E-state index in [0.29, 0.717) is 6.42 Å². The molecule has 1 rings (SSSR count). The van der Waals surface area contributed by atoms with Crippen LogP contribution in [-0.4, -0.2) is 51.1 Å². The van der Waals surface area contributed by atoms with E-state index in [-0.39, 0.29) is 0 Å². The van der Waals surface area contributed by atoms with Gasteiger partial charge in [0.05, 0.1) is 6.54 Å². The number of thiocarbonyl (C=S) groups is 1. The summed E-state index contributed by atoms with van der Waals surface area (Å²) in [6.45, 7) is 1.73. The van der Waals surface area contributed by atoms with E-state index < -0.39 is 0 Å². The van der Waals surface area contributed by atoms with E-state index in [1.54, 1.807) is 10.0 Å². The lowest BCUT2D eigenvalue weighted by molar-refractivity contribution is 0.367. The van der Waals surface area contributed by atoms with Gasteiger partial charge in [-0.2, -0.15) is 0 Å². The van der Waals surface area contributed by atoms with Crippen molar-refractivity contribution in [1.82, 2.24) is 25.1 Å². The second-order valence-corrected chi connectivity index (χ2v) is 3.33. The zero-order valence-electron chi connectivity index (χ0n) is 7.84. The maximum atomic E-state index is 4.75. The molecule has 0 N–H and O–H groups in total. The van der Waals surface area contributed by atoms with Gasteiger partial charge < -0.3 is 4.90 Å². The predicted octanol–water partition coefficient (Wildman–Crippen LogP) is -0.223. The summed E-state index contributed by atoms with van der Waals surface area (Å²) in [4.78, 5) is 2.09. The first-order valence-electron chi connectivity index (χ1n) is 4.07. The Labute approximate surface area is 82.7 Å². The molecule has 1 heterocycles. The monoisotopic (exact) mass is 199 g/mol. The van der Waals surface area contributed by atoms with Crippen molar-refractivity contribution in [3.05, 3.63) is 5.82 Å². The van der Waals surface area contributed by atoms with Crippen LogP contribution >= 0.6 is 12.2 Å². The van der Waals surface area contributed by atoms with Crippen molar-refractivity contribution in [2.75, 3.05) is 20.6 Å². The number of tetrazole rings is 1. The fourth-order valence-corrected chi connectivity index (χ4v) is 1.06. The van der Waals surface area contributed by atoms with Crippen LogP contribution in [0.5, 0.6) is 0 Å². The lowest BCUT2D eigenvalue weighted by Gasteiger charge is -2.09. The molecule has 0 amide bonds. The first-order valence-corrected chi connectivity index (χ1v) is 4.54. The highest BCUT2D eigenvalue weighted by atomic mass is 32.1. The van der Waals surface area contributed by atoms with Gasteiger partial charge in [0.15, 0.2) is 5.82 Å². The number of likely N-dealkylation sites (N-methyl/N-ethyl adjacent to an activating group) is 1. The Morgan fingerprint density at radius 1 is 1.54 bits per heavy atom. The summed E-state index contributed by atoms with van der Waals surface area (Å²) >= 11 is 4.75. The second-order valence-electron chi connectivity index (χ2n) is 2.99. The predicted molar refractivity (Wildman–Crippen MR) is 53.7 cm³/mol. The smallest absolute Gasteiger partial charge is 0.155 e. The third kappa shape index (κ3) is 3.16. The molecule has 72 valence electrons. The van der Waals surface area contributed by atoms with Crippen molar-refractivity contribution in [3.8, 4) is 0 Å². The van der Waals surface area contributed by atoms with E-state index >= 15 is 0 Å². The maximum Gasteiger partial charge on any atom is 0.155 e. The van der Waals surface area contributed by atoms with Gasteiger partial charge in [0.25, 0.3) is 0 Å². The normalized spacial score (nSPS) is 10.7. The maximum absolute atomic E-state index is 4.75. The van der Waals surface area contributed by atoms with Crippen molar-refractivity contribution in [3.63, 3.8) is 0 Å². The molecule has 1 aromatic rings. The van der Waals surface area contributed by atoms with Crippen molar-refractivity contribution in [2.45, 2.75) is 13.0 Å². The van der Waals surface area contributed by atoms with Gasteiger partial charge in [-0.25, -0.2) is 4.68 Å². The van der Waals surface area contributed by atoms with Gasteiger partial charge in [-0.15, -0.1) is 5.10 Å². The molecule has 0 spiro atoms. The van der Waals surface area contributed by atoms with Crippen molar-refractivity contribution in [2.24, 2.45) is 0 Å². The van der Waals surface area contributed by atoms with Crippen LogP contribution in [0.2, 0.25) is 0 Å². The molecule has 0 saturated carbocycles. The largest absolute Gasteiger partial charge is 0.308 e. The van der Waals surface area contributed by atoms with E-state index in [4.69, 9.17) is 12.2 Å². The van der Waals surface area contributed by atoms with Crippen molar-refractivity contribution < 1.29 is 0 Å². The highest BCUT2D eigenvalue weighted by Gasteiger charge is 2.03. The molecular weight excluding hydrogens is 186 g/mol. The van der Waals surface area contributed by atoms with Gasteiger partial charge in [-0.1, -0.05) is 12.2 Å². The fourth-order valence-electron chi connectivity index (χ4n) is 0.912. The average molecular weight is 199 g/mol. The van der Waals surface area contributed by atoms with Crippen molar-refractivity contribution >= 4 is 17.6 Å². The molecule has 0 fully saturated rings. The van der Waals surface area contributed by atoms with Crippen LogP contribution in [0.1, 0.15) is 5.82 Å². The molecule has 0 saturated heterocycles. The summed E-state index contributed by atoms with van der Waals surface area (Å²) < 4.78 is 1.78. The molecule has 0 aliphatic carbocycles. The third-order valence-electron chi connectivity index (χ3n) is 1.63. The Kier molecular flexibility index (Phi) is 3.91. The van der Waals surface area contributed by atoms with Crippen LogP contribution in [-0.2, 0) is 13.0 Å². The molecule has 0 radical (unpaired) electrons. The molecule has 1 aromatic heterocycles. The molecule has 0 atom stereocenters. The SMILES string of the molecule is CN(C)CCn1nnnc1CC=S. The summed E-state index contributed by atoms with van der Waals surface area (Å²) in [6.07, 6.45) is 0.649. The van der Waals surface area contributed by atoms with E-state index in [2.05, 4.69) is 20.4 Å². The van der Waals surface area contributed by atoms with Gasteiger partial charge >= 0.3 is 0 Å². The van der Waals surface area contributed by atoms with Gasteiger partial charge in [0, 0.05) is 13.0 Å². The van der Waals surface area contributed by atoms with Crippen LogP contribution in [0.15, 0.2) is 0 Å². The van der Waals surface area contributed by atoms with Crippen LogP contribution < -0.4 is 0 Å². The molecule has 0 aliphatic rings. The number of rotatable bonds is 5. The first kappa shape index (κ1) is 10.2. The number of aromatic nitrogens is 4. The number of hydrogen-bond acceptors (Lipinski definition) is 5. The Morgan fingerprint density at radius 2 is 2.31 bits per heavy atom. The van der Waals surface area contributed by atoms with Crippen LogP contribution in [0, 0.1) is 0 Å². The van der Waals surface area contributed by atoms with E-state index in [1.807, 2.05) is 14.1 Å². The zero-order valence-corrected chi connectivity index (χ0v) is 8.66. The average Bonchev–Trinajstić information content (AvgIpc) is 2.49. The lowest BCUT2D eigenvalue weighted by atomic mass is 10.4. The summed E-state index contributed by atoms with van der Waals surface area (Å²) in [6, 6.07) is 0. The summed E-state index contributed by atoms with van der Waals surface area (Å²) in [5, 5.41) is 13.0. The van der Waals surface area contributed by atoms with Gasteiger partial charge in [-0.05, 0) is 29.9 Å². The molecular formula is C7H13N5S. The van der Waals surface area contributed by atoms with E-state index in [1.165, 1.54) is 0 Å². The minimum atomic E-state index is 0.649. The Balaban J connectivity index is 2.54. The Hall–Kier alpha value is -0.880. The molecule has 0 bridgehead atoms. The third-order valence-corrected chi connectivity index (χ3v) is 1.80. The topological polar surface area (TPSA) is 46.8 Å². The highest BCUT2D eigenvalue weighted by Crippen LogP contribution is 1.92. The molecule has 13 heavy (non-hydrogen) atoms. The van der Waals surface area contributed by atoms with Crippen LogP contribution in [0.3, 0.4) is 0 Å². The van der Waals surface area contributed by atoms with Crippen LogP contribution in [0.25, 0.3) is 0 Å². The lowest BCUT2D eigenvalue weighted by Crippen LogP contribution is -2.20. The number of hydrogen-bond donors (Lipinski definition) is 0. The standard InChI is InChI=1S/C7H13N5S/c1-11(2)4-5-12-7(3-6-13)8-9-10-12/h6H,3-5H2,1-2H3. The van der Waals surface area contributed by atoms with Crippen molar-refractivity contribution in [1.29, 1.82) is 0 Å². The molecule has 0 aromatic carbocycles. The minimum Gasteiger partial charge on any atom is -0.308 e. The Bertz CT molecular complexity index is 270. The quantitative estimate of drug-likeness (QED) is 0.613. The summed E-state index contributed by atoms with van der Waals surface area (Å²) in [5.74, 6) is 0.830. The van der Waals surface area contributed by atoms with Gasteiger partial charge in [0.2, 0.25) is 0 Å². The number of nitrogens with zero attached hydrogens (tertiary/aromatic N) is 5.